The SMILES string of the molecule is CC1=CC(C#N)NC=C1[C@@H](C)NC(=O)CN1C(=O)NC2=C(C(C)NC=C2)S1(=O)=O. The van der Waals surface area contributed by atoms with Gasteiger partial charge in [0, 0.05) is 6.20 Å². The van der Waals surface area contributed by atoms with Gasteiger partial charge in [0.2, 0.25) is 5.91 Å². The normalized spacial score (nSPS) is 26.0. The molecule has 0 aromatic heterocycles. The summed E-state index contributed by atoms with van der Waals surface area (Å²) < 4.78 is 26.3. The molecule has 3 heterocycles. The summed E-state index contributed by atoms with van der Waals surface area (Å²) in [4.78, 5) is 24.8. The van der Waals surface area contributed by atoms with Gasteiger partial charge in [0.05, 0.1) is 23.8 Å². The van der Waals surface area contributed by atoms with Crippen molar-refractivity contribution in [1.82, 2.24) is 25.6 Å². The molecule has 0 aliphatic carbocycles. The molecule has 3 rings (SSSR count). The van der Waals surface area contributed by atoms with E-state index < -0.39 is 46.6 Å². The highest BCUT2D eigenvalue weighted by Crippen LogP contribution is 2.27. The van der Waals surface area contributed by atoms with Crippen LogP contribution >= 0.6 is 0 Å². The standard InChI is InChI=1S/C18H22N6O4S/c1-10-6-13(7-19)21-8-14(10)11(2)22-16(25)9-24-18(26)23-15-4-5-20-12(3)17(15)29(24,27)28/h4-6,8,11-13,20-21H,9H2,1-3H3,(H,22,25)(H,23,26)/t11-,12?,13?/m1/s1. The summed E-state index contributed by atoms with van der Waals surface area (Å²) in [6.07, 6.45) is 6.41. The number of rotatable bonds is 4. The minimum Gasteiger partial charge on any atom is -0.383 e. The van der Waals surface area contributed by atoms with Crippen LogP contribution < -0.4 is 21.3 Å². The van der Waals surface area contributed by atoms with Crippen LogP contribution in [0.4, 0.5) is 4.79 Å². The van der Waals surface area contributed by atoms with Gasteiger partial charge in [0.1, 0.15) is 17.5 Å². The van der Waals surface area contributed by atoms with Crippen molar-refractivity contribution in [3.8, 4) is 6.07 Å². The molecule has 10 nitrogen and oxygen atoms in total. The Labute approximate surface area is 169 Å². The number of allylic oxidation sites excluding steroid dienone is 1. The van der Waals surface area contributed by atoms with Crippen LogP contribution in [0.2, 0.25) is 0 Å². The predicted molar refractivity (Wildman–Crippen MR) is 105 cm³/mol. The molecular formula is C18H22N6O4S. The van der Waals surface area contributed by atoms with Gasteiger partial charge in [-0.25, -0.2) is 17.5 Å². The molecule has 154 valence electrons. The first-order chi connectivity index (χ1) is 13.6. The maximum atomic E-state index is 12.9. The number of nitrogens with one attached hydrogen (secondary N) is 4. The van der Waals surface area contributed by atoms with E-state index in [0.717, 1.165) is 11.1 Å². The van der Waals surface area contributed by atoms with Crippen LogP contribution in [-0.4, -0.2) is 49.3 Å². The van der Waals surface area contributed by atoms with Gasteiger partial charge >= 0.3 is 6.03 Å². The number of hydrogen-bond donors (Lipinski definition) is 4. The topological polar surface area (TPSA) is 143 Å². The van der Waals surface area contributed by atoms with Crippen LogP contribution in [0.1, 0.15) is 20.8 Å². The fraction of sp³-hybridized carbons (Fsp3) is 0.389. The molecule has 11 heteroatoms. The van der Waals surface area contributed by atoms with E-state index in [0.29, 0.717) is 4.31 Å². The smallest absolute Gasteiger partial charge is 0.336 e. The molecule has 29 heavy (non-hydrogen) atoms. The minimum absolute atomic E-state index is 0.0148. The highest BCUT2D eigenvalue weighted by molar-refractivity contribution is 7.93. The molecule has 3 aliphatic heterocycles. The number of dihydropyridines is 2. The van der Waals surface area contributed by atoms with Gasteiger partial charge in [-0.05, 0) is 50.3 Å². The number of sulfonamides is 1. The molecule has 0 saturated heterocycles. The van der Waals surface area contributed by atoms with Gasteiger partial charge in [0.15, 0.2) is 0 Å². The molecule has 0 radical (unpaired) electrons. The van der Waals surface area contributed by atoms with Crippen LogP contribution in [0.3, 0.4) is 0 Å². The first-order valence-corrected chi connectivity index (χ1v) is 10.4. The average Bonchev–Trinajstić information content (AvgIpc) is 2.64. The van der Waals surface area contributed by atoms with E-state index in [1.165, 1.54) is 6.08 Å². The first kappa shape index (κ1) is 20.5. The number of nitriles is 1. The predicted octanol–water partition coefficient (Wildman–Crippen LogP) is -0.111. The molecule has 0 fully saturated rings. The highest BCUT2D eigenvalue weighted by Gasteiger charge is 2.42. The van der Waals surface area contributed by atoms with E-state index in [9.17, 15) is 18.0 Å². The summed E-state index contributed by atoms with van der Waals surface area (Å²) in [6, 6.07) is -0.226. The van der Waals surface area contributed by atoms with E-state index in [1.807, 2.05) is 6.92 Å². The van der Waals surface area contributed by atoms with E-state index in [4.69, 9.17) is 5.26 Å². The van der Waals surface area contributed by atoms with E-state index in [2.05, 4.69) is 27.3 Å². The van der Waals surface area contributed by atoms with E-state index >= 15 is 0 Å². The zero-order valence-electron chi connectivity index (χ0n) is 16.2. The lowest BCUT2D eigenvalue weighted by Crippen LogP contribution is -2.55. The van der Waals surface area contributed by atoms with Gasteiger partial charge in [0.25, 0.3) is 10.0 Å². The summed E-state index contributed by atoms with van der Waals surface area (Å²) in [5, 5.41) is 20.0. The Morgan fingerprint density at radius 3 is 2.79 bits per heavy atom. The molecular weight excluding hydrogens is 396 g/mol. The Morgan fingerprint density at radius 1 is 1.41 bits per heavy atom. The third-order valence-electron chi connectivity index (χ3n) is 4.85. The summed E-state index contributed by atoms with van der Waals surface area (Å²) in [5.41, 5.74) is 1.80. The Hall–Kier alpha value is -3.26. The van der Waals surface area contributed by atoms with Gasteiger partial charge in [-0.15, -0.1) is 0 Å². The third kappa shape index (κ3) is 3.84. The first-order valence-electron chi connectivity index (χ1n) is 8.99. The molecule has 2 unspecified atom stereocenters. The van der Waals surface area contributed by atoms with Crippen LogP contribution in [-0.2, 0) is 14.8 Å². The van der Waals surface area contributed by atoms with Crippen LogP contribution in [0, 0.1) is 11.3 Å². The molecule has 0 saturated carbocycles. The van der Waals surface area contributed by atoms with E-state index in [-0.39, 0.29) is 10.6 Å². The lowest BCUT2D eigenvalue weighted by molar-refractivity contribution is -0.121. The van der Waals surface area contributed by atoms with Crippen molar-refractivity contribution in [3.63, 3.8) is 0 Å². The molecule has 3 aliphatic rings. The van der Waals surface area contributed by atoms with Gasteiger partial charge < -0.3 is 21.3 Å². The number of carbonyl (C=O) groups is 2. The van der Waals surface area contributed by atoms with Crippen molar-refractivity contribution in [1.29, 1.82) is 5.26 Å². The molecule has 3 amide bonds. The Bertz CT molecular complexity index is 1020. The molecule has 0 bridgehead atoms. The summed E-state index contributed by atoms with van der Waals surface area (Å²) in [5.74, 6) is -0.622. The molecule has 4 N–H and O–H groups in total. The number of hydrogen-bond acceptors (Lipinski definition) is 7. The highest BCUT2D eigenvalue weighted by atomic mass is 32.2. The molecule has 0 spiro atoms. The number of nitrogens with zero attached hydrogens (tertiary/aromatic N) is 2. The second kappa shape index (κ2) is 7.63. The van der Waals surface area contributed by atoms with Crippen LogP contribution in [0.25, 0.3) is 0 Å². The summed E-state index contributed by atoms with van der Waals surface area (Å²) >= 11 is 0. The summed E-state index contributed by atoms with van der Waals surface area (Å²) in [7, 11) is -4.15. The molecule has 3 atom stereocenters. The zero-order chi connectivity index (χ0) is 21.3. The van der Waals surface area contributed by atoms with Crippen molar-refractivity contribution in [2.75, 3.05) is 6.54 Å². The van der Waals surface area contributed by atoms with Gasteiger partial charge in [-0.2, -0.15) is 5.26 Å². The minimum atomic E-state index is -4.15. The second-order valence-electron chi connectivity index (χ2n) is 6.95. The monoisotopic (exact) mass is 418 g/mol. The molecule has 0 aromatic carbocycles. The molecule has 0 aromatic rings. The Kier molecular flexibility index (Phi) is 5.39. The van der Waals surface area contributed by atoms with Crippen molar-refractivity contribution >= 4 is 22.0 Å². The lowest BCUT2D eigenvalue weighted by atomic mass is 9.97. The van der Waals surface area contributed by atoms with Crippen molar-refractivity contribution in [3.05, 3.63) is 46.3 Å². The van der Waals surface area contributed by atoms with Crippen molar-refractivity contribution in [2.45, 2.75) is 38.9 Å². The second-order valence-corrected chi connectivity index (χ2v) is 8.78. The van der Waals surface area contributed by atoms with Crippen LogP contribution in [0.15, 0.2) is 46.3 Å². The maximum absolute atomic E-state index is 12.9. The fourth-order valence-corrected chi connectivity index (χ4v) is 5.12. The van der Waals surface area contributed by atoms with Gasteiger partial charge in [-0.3, -0.25) is 4.79 Å². The van der Waals surface area contributed by atoms with Crippen LogP contribution in [0.5, 0.6) is 0 Å². The quantitative estimate of drug-likeness (QED) is 0.499. The van der Waals surface area contributed by atoms with E-state index in [1.54, 1.807) is 32.3 Å². The zero-order valence-corrected chi connectivity index (χ0v) is 17.0. The lowest BCUT2D eigenvalue weighted by Gasteiger charge is -2.34. The summed E-state index contributed by atoms with van der Waals surface area (Å²) in [6.45, 7) is 4.57. The van der Waals surface area contributed by atoms with Crippen molar-refractivity contribution < 1.29 is 18.0 Å². The third-order valence-corrected chi connectivity index (χ3v) is 6.86. The number of urea groups is 1. The Balaban J connectivity index is 1.73. The fourth-order valence-electron chi connectivity index (χ4n) is 3.42. The van der Waals surface area contributed by atoms with Crippen molar-refractivity contribution in [2.24, 2.45) is 0 Å². The van der Waals surface area contributed by atoms with Gasteiger partial charge in [-0.1, -0.05) is 0 Å². The number of carbonyl (C=O) groups excluding carboxylic acids is 2. The number of amides is 3. The maximum Gasteiger partial charge on any atom is 0.336 e. The Morgan fingerprint density at radius 2 is 2.14 bits per heavy atom. The largest absolute Gasteiger partial charge is 0.383 e. The average molecular weight is 418 g/mol.